The van der Waals surface area contributed by atoms with E-state index in [0.29, 0.717) is 0 Å². The van der Waals surface area contributed by atoms with Crippen LogP contribution in [0.4, 0.5) is 5.69 Å². The van der Waals surface area contributed by atoms with Crippen molar-refractivity contribution in [2.24, 2.45) is 4.99 Å². The van der Waals surface area contributed by atoms with E-state index in [-0.39, 0.29) is 11.8 Å². The highest BCUT2D eigenvalue weighted by atomic mass is 14.8. The standard InChI is InChI=1S/C28H21N/c1-15-11-12-19-16(2)13-18-14-17-7-3-4-8-20(17)26-24(18)25(19)23(15)27-21-9-5-6-10-22(21)29-28(26)27/h3-13,26-27H,14H2,1-2H3. The van der Waals surface area contributed by atoms with E-state index in [1.807, 2.05) is 0 Å². The number of hydrogen-bond acceptors (Lipinski definition) is 1. The first-order valence-corrected chi connectivity index (χ1v) is 10.5. The van der Waals surface area contributed by atoms with Gasteiger partial charge in [0.1, 0.15) is 0 Å². The highest BCUT2D eigenvalue weighted by molar-refractivity contribution is 6.15. The smallest absolute Gasteiger partial charge is 0.0671 e. The Morgan fingerprint density at radius 3 is 2.38 bits per heavy atom. The molecule has 1 heterocycles. The largest absolute Gasteiger partial charge is 0.256 e. The van der Waals surface area contributed by atoms with Crippen LogP contribution in [0.3, 0.4) is 0 Å². The second-order valence-corrected chi connectivity index (χ2v) is 8.82. The summed E-state index contributed by atoms with van der Waals surface area (Å²) in [6.45, 7) is 4.55. The number of nitrogens with zero attached hydrogens (tertiary/aromatic N) is 1. The fourth-order valence-electron chi connectivity index (χ4n) is 6.14. The number of fused-ring (bicyclic) bond motifs is 7. The zero-order valence-corrected chi connectivity index (χ0v) is 16.7. The normalized spacial score (nSPS) is 20.1. The van der Waals surface area contributed by atoms with Crippen molar-refractivity contribution in [3.63, 3.8) is 0 Å². The van der Waals surface area contributed by atoms with Crippen molar-refractivity contribution in [1.29, 1.82) is 0 Å². The van der Waals surface area contributed by atoms with Gasteiger partial charge in [0.15, 0.2) is 0 Å². The first-order valence-electron chi connectivity index (χ1n) is 10.5. The molecule has 7 rings (SSSR count). The maximum Gasteiger partial charge on any atom is 0.0671 e. The summed E-state index contributed by atoms with van der Waals surface area (Å²) in [5.74, 6) is 0.540. The average molecular weight is 371 g/mol. The fraction of sp³-hybridized carbons (Fsp3) is 0.179. The summed E-state index contributed by atoms with van der Waals surface area (Å²) in [5.41, 5.74) is 14.0. The molecule has 0 saturated carbocycles. The van der Waals surface area contributed by atoms with Crippen LogP contribution in [0.15, 0.2) is 71.7 Å². The average Bonchev–Trinajstić information content (AvgIpc) is 3.12. The third kappa shape index (κ3) is 1.84. The van der Waals surface area contributed by atoms with Crippen molar-refractivity contribution in [1.82, 2.24) is 0 Å². The molecule has 0 saturated heterocycles. The van der Waals surface area contributed by atoms with Gasteiger partial charge in [-0.1, -0.05) is 60.7 Å². The lowest BCUT2D eigenvalue weighted by molar-refractivity contribution is 0.899. The van der Waals surface area contributed by atoms with Crippen molar-refractivity contribution in [2.45, 2.75) is 32.1 Å². The second kappa shape index (κ2) is 5.24. The number of benzene rings is 4. The molecule has 1 aliphatic heterocycles. The lowest BCUT2D eigenvalue weighted by Crippen LogP contribution is -2.30. The Morgan fingerprint density at radius 2 is 1.48 bits per heavy atom. The Balaban J connectivity index is 1.70. The summed E-state index contributed by atoms with van der Waals surface area (Å²) in [6, 6.07) is 24.8. The van der Waals surface area contributed by atoms with Crippen molar-refractivity contribution < 1.29 is 0 Å². The zero-order chi connectivity index (χ0) is 19.3. The number of rotatable bonds is 0. The van der Waals surface area contributed by atoms with Crippen LogP contribution in [-0.2, 0) is 6.42 Å². The van der Waals surface area contributed by atoms with Crippen molar-refractivity contribution in [3.05, 3.63) is 111 Å². The molecular weight excluding hydrogens is 350 g/mol. The third-order valence-electron chi connectivity index (χ3n) is 7.31. The molecule has 0 radical (unpaired) electrons. The lowest BCUT2D eigenvalue weighted by Gasteiger charge is -2.38. The van der Waals surface area contributed by atoms with E-state index in [9.17, 15) is 0 Å². The Bertz CT molecular complexity index is 1410. The molecule has 1 nitrogen and oxygen atoms in total. The first-order chi connectivity index (χ1) is 14.2. The van der Waals surface area contributed by atoms with Crippen LogP contribution < -0.4 is 0 Å². The molecule has 1 heteroatoms. The van der Waals surface area contributed by atoms with Gasteiger partial charge in [-0.05, 0) is 81.6 Å². The molecule has 138 valence electrons. The van der Waals surface area contributed by atoms with Crippen LogP contribution in [0.2, 0.25) is 0 Å². The number of hydrogen-bond donors (Lipinski definition) is 0. The molecule has 3 aliphatic rings. The summed E-state index contributed by atoms with van der Waals surface area (Å²) in [5, 5.41) is 2.91. The van der Waals surface area contributed by atoms with Gasteiger partial charge in [0.25, 0.3) is 0 Å². The molecule has 0 fully saturated rings. The van der Waals surface area contributed by atoms with E-state index < -0.39 is 0 Å². The molecular formula is C28H21N. The van der Waals surface area contributed by atoms with Crippen molar-refractivity contribution >= 4 is 22.2 Å². The molecule has 0 N–H and O–H groups in total. The molecule has 0 spiro atoms. The predicted octanol–water partition coefficient (Wildman–Crippen LogP) is 6.72. The maximum absolute atomic E-state index is 5.27. The Labute approximate surface area is 170 Å². The van der Waals surface area contributed by atoms with E-state index >= 15 is 0 Å². The minimum absolute atomic E-state index is 0.268. The topological polar surface area (TPSA) is 12.4 Å². The molecule has 4 aromatic rings. The summed E-state index contributed by atoms with van der Waals surface area (Å²) >= 11 is 0. The fourth-order valence-corrected chi connectivity index (χ4v) is 6.14. The Kier molecular flexibility index (Phi) is 2.84. The van der Waals surface area contributed by atoms with Gasteiger partial charge in [-0.3, -0.25) is 4.99 Å². The summed E-state index contributed by atoms with van der Waals surface area (Å²) in [7, 11) is 0. The minimum atomic E-state index is 0.268. The van der Waals surface area contributed by atoms with Crippen LogP contribution in [0.5, 0.6) is 0 Å². The molecule has 4 aromatic carbocycles. The van der Waals surface area contributed by atoms with Gasteiger partial charge >= 0.3 is 0 Å². The van der Waals surface area contributed by atoms with E-state index in [4.69, 9.17) is 4.99 Å². The van der Waals surface area contributed by atoms with E-state index in [2.05, 4.69) is 80.6 Å². The molecule has 0 amide bonds. The Hall–Kier alpha value is -3.19. The minimum Gasteiger partial charge on any atom is -0.256 e. The quantitative estimate of drug-likeness (QED) is 0.325. The first kappa shape index (κ1) is 15.7. The van der Waals surface area contributed by atoms with Crippen LogP contribution in [-0.4, -0.2) is 5.71 Å². The van der Waals surface area contributed by atoms with Crippen molar-refractivity contribution in [2.75, 3.05) is 0 Å². The summed E-state index contributed by atoms with van der Waals surface area (Å²) in [4.78, 5) is 5.27. The number of para-hydroxylation sites is 1. The van der Waals surface area contributed by atoms with E-state index in [1.165, 1.54) is 61.0 Å². The van der Waals surface area contributed by atoms with Gasteiger partial charge in [-0.25, -0.2) is 0 Å². The zero-order valence-electron chi connectivity index (χ0n) is 16.7. The van der Waals surface area contributed by atoms with Crippen LogP contribution in [0, 0.1) is 13.8 Å². The maximum atomic E-state index is 5.27. The summed E-state index contributed by atoms with van der Waals surface area (Å²) < 4.78 is 0. The second-order valence-electron chi connectivity index (χ2n) is 8.82. The number of aryl methyl sites for hydroxylation is 2. The molecule has 2 aliphatic carbocycles. The highest BCUT2D eigenvalue weighted by Crippen LogP contribution is 2.56. The predicted molar refractivity (Wildman–Crippen MR) is 120 cm³/mol. The van der Waals surface area contributed by atoms with Gasteiger partial charge in [-0.2, -0.15) is 0 Å². The highest BCUT2D eigenvalue weighted by Gasteiger charge is 2.44. The molecule has 2 atom stereocenters. The molecule has 2 unspecified atom stereocenters. The van der Waals surface area contributed by atoms with E-state index in [1.54, 1.807) is 0 Å². The number of aliphatic imine (C=N–C) groups is 1. The third-order valence-corrected chi connectivity index (χ3v) is 7.31. The van der Waals surface area contributed by atoms with Gasteiger partial charge in [0.05, 0.1) is 11.6 Å². The lowest BCUT2D eigenvalue weighted by atomic mass is 9.64. The van der Waals surface area contributed by atoms with Crippen LogP contribution in [0.25, 0.3) is 10.8 Å². The van der Waals surface area contributed by atoms with Crippen LogP contribution in [0.1, 0.15) is 56.3 Å². The summed E-state index contributed by atoms with van der Waals surface area (Å²) in [6.07, 6.45) is 1.02. The van der Waals surface area contributed by atoms with Gasteiger partial charge < -0.3 is 0 Å². The van der Waals surface area contributed by atoms with E-state index in [0.717, 1.165) is 12.1 Å². The van der Waals surface area contributed by atoms with Crippen LogP contribution >= 0.6 is 0 Å². The molecule has 0 aromatic heterocycles. The van der Waals surface area contributed by atoms with Crippen molar-refractivity contribution in [3.8, 4) is 0 Å². The molecule has 29 heavy (non-hydrogen) atoms. The molecule has 0 bridgehead atoms. The van der Waals surface area contributed by atoms with Gasteiger partial charge in [0.2, 0.25) is 0 Å². The van der Waals surface area contributed by atoms with Gasteiger partial charge in [0, 0.05) is 11.6 Å². The SMILES string of the molecule is Cc1ccc2c(C)cc3c4c2c1C1C(=Nc2ccccc21)C4c1ccccc1C3. The monoisotopic (exact) mass is 371 g/mol. The Morgan fingerprint density at radius 1 is 0.724 bits per heavy atom. The van der Waals surface area contributed by atoms with Gasteiger partial charge in [-0.15, -0.1) is 0 Å².